The fourth-order valence-corrected chi connectivity index (χ4v) is 8.08. The quantitative estimate of drug-likeness (QED) is 0.156. The fourth-order valence-electron chi connectivity index (χ4n) is 8.08. The molecule has 0 unspecified atom stereocenters. The summed E-state index contributed by atoms with van der Waals surface area (Å²) in [5.74, 6) is 1.07. The number of nitrogens with one attached hydrogen (secondary N) is 1. The standard InChI is InChI=1S/C46H52N8O5/c1-31-26-38(12-15-41(31)53-25-20-42(55)54(44(53)56)28-32-6-13-39(58-5)14-7-32)50-23-18-37(19-24-50)51-21-17-35(29-51)33-8-10-36(11-9-33)48-43-47-27-34-16-22-52(30-40(34)49-43)45(57)59-46(2,3)4/h6-15,17,21,26-27,29,37H,16,18-20,22-25,28,30H2,1-5H3,(H,47,48,49). The van der Waals surface area contributed by atoms with Gasteiger partial charge in [0.2, 0.25) is 11.9 Å². The van der Waals surface area contributed by atoms with Gasteiger partial charge in [-0.1, -0.05) is 24.3 Å². The molecule has 3 aliphatic heterocycles. The summed E-state index contributed by atoms with van der Waals surface area (Å²) in [4.78, 5) is 55.6. The number of piperidine rings is 1. The van der Waals surface area contributed by atoms with Crippen LogP contribution < -0.4 is 19.9 Å². The number of carbonyl (C=O) groups is 3. The summed E-state index contributed by atoms with van der Waals surface area (Å²) in [5, 5.41) is 3.33. The van der Waals surface area contributed by atoms with Gasteiger partial charge in [-0.05, 0) is 123 Å². The maximum absolute atomic E-state index is 13.6. The summed E-state index contributed by atoms with van der Waals surface area (Å²) in [6, 6.07) is 24.3. The Morgan fingerprint density at radius 2 is 1.66 bits per heavy atom. The van der Waals surface area contributed by atoms with Gasteiger partial charge in [0.15, 0.2) is 0 Å². The first-order valence-electron chi connectivity index (χ1n) is 20.4. The van der Waals surface area contributed by atoms with Crippen molar-refractivity contribution in [2.24, 2.45) is 0 Å². The van der Waals surface area contributed by atoms with Crippen LogP contribution in [-0.4, -0.2) is 81.3 Å². The molecular formula is C46H52N8O5. The number of hydrogen-bond acceptors (Lipinski definition) is 9. The smallest absolute Gasteiger partial charge is 0.410 e. The first-order chi connectivity index (χ1) is 28.4. The molecule has 59 heavy (non-hydrogen) atoms. The number of fused-ring (bicyclic) bond motifs is 1. The van der Waals surface area contributed by atoms with E-state index in [2.05, 4.69) is 62.5 Å². The fraction of sp³-hybridized carbons (Fsp3) is 0.370. The number of ether oxygens (including phenoxy) is 2. The minimum absolute atomic E-state index is 0.158. The van der Waals surface area contributed by atoms with Gasteiger partial charge in [0.1, 0.15) is 11.4 Å². The maximum Gasteiger partial charge on any atom is 0.410 e. The summed E-state index contributed by atoms with van der Waals surface area (Å²) in [5.41, 5.74) is 8.36. The van der Waals surface area contributed by atoms with Crippen LogP contribution in [0.15, 0.2) is 91.4 Å². The number of amides is 4. The molecule has 2 fully saturated rings. The molecule has 3 aliphatic rings. The van der Waals surface area contributed by atoms with Crippen molar-refractivity contribution in [2.75, 3.05) is 48.4 Å². The van der Waals surface area contributed by atoms with Crippen LogP contribution in [0.1, 0.15) is 68.5 Å². The second-order valence-corrected chi connectivity index (χ2v) is 16.6. The van der Waals surface area contributed by atoms with Gasteiger partial charge in [-0.2, -0.15) is 0 Å². The lowest BCUT2D eigenvalue weighted by molar-refractivity contribution is -0.129. The van der Waals surface area contributed by atoms with Gasteiger partial charge >= 0.3 is 12.1 Å². The molecule has 5 heterocycles. The van der Waals surface area contributed by atoms with Gasteiger partial charge in [-0.15, -0.1) is 0 Å². The number of hydrogen-bond donors (Lipinski definition) is 1. The van der Waals surface area contributed by atoms with E-state index < -0.39 is 5.60 Å². The lowest BCUT2D eigenvalue weighted by atomic mass is 10.0. The molecule has 5 aromatic rings. The Kier molecular flexibility index (Phi) is 11.0. The highest BCUT2D eigenvalue weighted by atomic mass is 16.6. The van der Waals surface area contributed by atoms with Crippen LogP contribution in [0, 0.1) is 6.92 Å². The van der Waals surface area contributed by atoms with Crippen LogP contribution >= 0.6 is 0 Å². The van der Waals surface area contributed by atoms with Crippen molar-refractivity contribution in [3.8, 4) is 16.9 Å². The molecule has 0 atom stereocenters. The molecule has 0 bridgehead atoms. The highest BCUT2D eigenvalue weighted by molar-refractivity contribution is 6.06. The van der Waals surface area contributed by atoms with Gasteiger partial charge in [0.25, 0.3) is 0 Å². The number of imide groups is 1. The lowest BCUT2D eigenvalue weighted by Crippen LogP contribution is -2.52. The minimum atomic E-state index is -0.549. The third-order valence-corrected chi connectivity index (χ3v) is 11.3. The molecular weight excluding hydrogens is 745 g/mol. The molecule has 13 heteroatoms. The number of carbonyl (C=O) groups excluding carboxylic acids is 3. The Bertz CT molecular complexity index is 2330. The summed E-state index contributed by atoms with van der Waals surface area (Å²) in [7, 11) is 1.61. The Morgan fingerprint density at radius 3 is 2.37 bits per heavy atom. The summed E-state index contributed by atoms with van der Waals surface area (Å²) in [6.07, 6.45) is 8.95. The van der Waals surface area contributed by atoms with Crippen LogP contribution in [0.2, 0.25) is 0 Å². The van der Waals surface area contributed by atoms with Gasteiger partial charge < -0.3 is 29.2 Å². The molecule has 13 nitrogen and oxygen atoms in total. The Labute approximate surface area is 345 Å². The summed E-state index contributed by atoms with van der Waals surface area (Å²) in [6.45, 7) is 11.1. The molecule has 2 aromatic heterocycles. The van der Waals surface area contributed by atoms with Crippen molar-refractivity contribution in [1.82, 2.24) is 24.3 Å². The number of anilines is 4. The van der Waals surface area contributed by atoms with E-state index in [1.54, 1.807) is 16.9 Å². The van der Waals surface area contributed by atoms with Crippen molar-refractivity contribution in [3.63, 3.8) is 0 Å². The SMILES string of the molecule is COc1ccc(CN2C(=O)CCN(c3ccc(N4CCC(n5ccc(-c6ccc(Nc7ncc8c(n7)CN(C(=O)OC(C)(C)C)CC8)cc6)c5)CC4)cc3C)C2=O)cc1. The van der Waals surface area contributed by atoms with Crippen molar-refractivity contribution < 1.29 is 23.9 Å². The summed E-state index contributed by atoms with van der Waals surface area (Å²) >= 11 is 0. The minimum Gasteiger partial charge on any atom is -0.497 e. The third kappa shape index (κ3) is 8.89. The molecule has 8 rings (SSSR count). The first-order valence-corrected chi connectivity index (χ1v) is 20.4. The topological polar surface area (TPSA) is 125 Å². The van der Waals surface area contributed by atoms with Crippen molar-refractivity contribution in [3.05, 3.63) is 114 Å². The van der Waals surface area contributed by atoms with E-state index in [0.717, 1.165) is 82.3 Å². The largest absolute Gasteiger partial charge is 0.497 e. The van der Waals surface area contributed by atoms with Crippen LogP contribution in [-0.2, 0) is 29.0 Å². The maximum atomic E-state index is 13.6. The highest BCUT2D eigenvalue weighted by Gasteiger charge is 2.34. The van der Waals surface area contributed by atoms with E-state index in [0.29, 0.717) is 38.0 Å². The van der Waals surface area contributed by atoms with E-state index in [1.165, 1.54) is 4.90 Å². The molecule has 1 N–H and O–H groups in total. The zero-order valence-electron chi connectivity index (χ0n) is 34.5. The zero-order valence-corrected chi connectivity index (χ0v) is 34.5. The molecule has 0 saturated carbocycles. The van der Waals surface area contributed by atoms with Gasteiger partial charge in [0.05, 0.1) is 25.9 Å². The highest BCUT2D eigenvalue weighted by Crippen LogP contribution is 2.34. The number of benzene rings is 3. The van der Waals surface area contributed by atoms with Crippen LogP contribution in [0.25, 0.3) is 11.1 Å². The normalized spacial score (nSPS) is 16.3. The number of nitrogens with zero attached hydrogens (tertiary/aromatic N) is 7. The van der Waals surface area contributed by atoms with Crippen LogP contribution in [0.5, 0.6) is 5.75 Å². The van der Waals surface area contributed by atoms with E-state index in [9.17, 15) is 14.4 Å². The molecule has 0 spiro atoms. The number of aryl methyl sites for hydroxylation is 1. The number of urea groups is 1. The Hall–Kier alpha value is -6.37. The molecule has 3 aromatic carbocycles. The molecule has 4 amide bonds. The van der Waals surface area contributed by atoms with Gasteiger partial charge in [-0.3, -0.25) is 14.6 Å². The monoisotopic (exact) mass is 796 g/mol. The van der Waals surface area contributed by atoms with E-state index >= 15 is 0 Å². The van der Waals surface area contributed by atoms with E-state index in [1.807, 2.05) is 76.4 Å². The van der Waals surface area contributed by atoms with Crippen LogP contribution in [0.4, 0.5) is 32.6 Å². The average Bonchev–Trinajstić information content (AvgIpc) is 3.73. The van der Waals surface area contributed by atoms with Crippen LogP contribution in [0.3, 0.4) is 0 Å². The van der Waals surface area contributed by atoms with Crippen molar-refractivity contribution in [1.29, 1.82) is 0 Å². The molecule has 2 saturated heterocycles. The molecule has 306 valence electrons. The molecule has 0 aliphatic carbocycles. The first kappa shape index (κ1) is 39.5. The lowest BCUT2D eigenvalue weighted by Gasteiger charge is -2.36. The van der Waals surface area contributed by atoms with Gasteiger partial charge in [-0.25, -0.2) is 19.6 Å². The summed E-state index contributed by atoms with van der Waals surface area (Å²) < 4.78 is 13.2. The predicted octanol–water partition coefficient (Wildman–Crippen LogP) is 8.50. The number of aromatic nitrogens is 3. The Morgan fingerprint density at radius 1 is 0.898 bits per heavy atom. The predicted molar refractivity (Wildman–Crippen MR) is 228 cm³/mol. The molecule has 0 radical (unpaired) electrons. The van der Waals surface area contributed by atoms with E-state index in [4.69, 9.17) is 14.5 Å². The van der Waals surface area contributed by atoms with Crippen molar-refractivity contribution in [2.45, 2.75) is 78.1 Å². The number of methoxy groups -OCH3 is 1. The van der Waals surface area contributed by atoms with E-state index in [-0.39, 0.29) is 31.0 Å². The van der Waals surface area contributed by atoms with Gasteiger partial charge in [0, 0.05) is 74.3 Å². The second-order valence-electron chi connectivity index (χ2n) is 16.6. The average molecular weight is 797 g/mol. The third-order valence-electron chi connectivity index (χ3n) is 11.3. The second kappa shape index (κ2) is 16.5. The number of rotatable bonds is 9. The Balaban J connectivity index is 0.848. The zero-order chi connectivity index (χ0) is 41.3. The van der Waals surface area contributed by atoms with Crippen molar-refractivity contribution >= 4 is 41.0 Å².